The molecule has 0 aromatic heterocycles. The molecule has 0 unspecified atom stereocenters. The molecular formula is C17H19F3O3. The zero-order valence-corrected chi connectivity index (χ0v) is 12.9. The van der Waals surface area contributed by atoms with E-state index in [4.69, 9.17) is 4.74 Å². The molecule has 0 heterocycles. The van der Waals surface area contributed by atoms with E-state index in [1.165, 1.54) is 12.1 Å². The lowest BCUT2D eigenvalue weighted by Crippen LogP contribution is -2.29. The standard InChI is InChI=1S/C17H19F3O3/c1-2-23-15(22)10-12-4-3-5-14(21)16(12)11-6-8-13(9-7-11)17(18,19)20/h6-9,12,16H,2-5,10H2,1H3/t12-,16-/m0/s1. The molecule has 6 heteroatoms. The van der Waals surface area contributed by atoms with E-state index < -0.39 is 17.7 Å². The lowest BCUT2D eigenvalue weighted by Gasteiger charge is -2.30. The number of ether oxygens (including phenoxy) is 1. The normalized spacial score (nSPS) is 22.0. The quantitative estimate of drug-likeness (QED) is 0.781. The van der Waals surface area contributed by atoms with Gasteiger partial charge in [-0.3, -0.25) is 9.59 Å². The summed E-state index contributed by atoms with van der Waals surface area (Å²) in [5.41, 5.74) is -0.205. The van der Waals surface area contributed by atoms with Crippen LogP contribution in [0.25, 0.3) is 0 Å². The van der Waals surface area contributed by atoms with Gasteiger partial charge >= 0.3 is 12.1 Å². The maximum atomic E-state index is 12.6. The molecule has 0 N–H and O–H groups in total. The van der Waals surface area contributed by atoms with Crippen molar-refractivity contribution in [3.63, 3.8) is 0 Å². The van der Waals surface area contributed by atoms with Gasteiger partial charge in [0.15, 0.2) is 0 Å². The number of benzene rings is 1. The highest BCUT2D eigenvalue weighted by Gasteiger charge is 2.36. The second-order valence-electron chi connectivity index (χ2n) is 5.73. The van der Waals surface area contributed by atoms with Crippen LogP contribution < -0.4 is 0 Å². The highest BCUT2D eigenvalue weighted by Crippen LogP contribution is 2.38. The second-order valence-corrected chi connectivity index (χ2v) is 5.73. The molecule has 1 fully saturated rings. The van der Waals surface area contributed by atoms with Crippen molar-refractivity contribution in [3.8, 4) is 0 Å². The van der Waals surface area contributed by atoms with Crippen LogP contribution in [0.4, 0.5) is 13.2 Å². The van der Waals surface area contributed by atoms with Gasteiger partial charge in [0.25, 0.3) is 0 Å². The van der Waals surface area contributed by atoms with Crippen molar-refractivity contribution in [3.05, 3.63) is 35.4 Å². The molecule has 1 saturated carbocycles. The molecule has 0 bridgehead atoms. The third-order valence-electron chi connectivity index (χ3n) is 4.15. The number of esters is 1. The van der Waals surface area contributed by atoms with Crippen molar-refractivity contribution in [2.45, 2.75) is 44.7 Å². The smallest absolute Gasteiger partial charge is 0.416 e. The highest BCUT2D eigenvalue weighted by molar-refractivity contribution is 5.87. The Hall–Kier alpha value is -1.85. The maximum absolute atomic E-state index is 12.6. The molecular weight excluding hydrogens is 309 g/mol. The predicted octanol–water partition coefficient (Wildman–Crippen LogP) is 4.11. The van der Waals surface area contributed by atoms with E-state index in [-0.39, 0.29) is 30.7 Å². The summed E-state index contributed by atoms with van der Waals surface area (Å²) in [5.74, 6) is -1.14. The average Bonchev–Trinajstić information content (AvgIpc) is 2.47. The fraction of sp³-hybridized carbons (Fsp3) is 0.529. The Bertz CT molecular complexity index is 563. The predicted molar refractivity (Wildman–Crippen MR) is 77.8 cm³/mol. The lowest BCUT2D eigenvalue weighted by atomic mass is 9.73. The van der Waals surface area contributed by atoms with Gasteiger partial charge in [-0.15, -0.1) is 0 Å². The van der Waals surface area contributed by atoms with Crippen LogP contribution in [-0.2, 0) is 20.5 Å². The van der Waals surface area contributed by atoms with Gasteiger partial charge in [-0.25, -0.2) is 0 Å². The molecule has 1 aromatic carbocycles. The fourth-order valence-electron chi connectivity index (χ4n) is 3.11. The van der Waals surface area contributed by atoms with Gasteiger partial charge in [0.1, 0.15) is 5.78 Å². The molecule has 0 amide bonds. The van der Waals surface area contributed by atoms with E-state index in [0.29, 0.717) is 24.8 Å². The van der Waals surface area contributed by atoms with E-state index >= 15 is 0 Å². The zero-order chi connectivity index (χ0) is 17.0. The van der Waals surface area contributed by atoms with Crippen molar-refractivity contribution in [2.75, 3.05) is 6.61 Å². The summed E-state index contributed by atoms with van der Waals surface area (Å²) in [5, 5.41) is 0. The van der Waals surface area contributed by atoms with Crippen molar-refractivity contribution < 1.29 is 27.5 Å². The third kappa shape index (κ3) is 4.33. The highest BCUT2D eigenvalue weighted by atomic mass is 19.4. The van der Waals surface area contributed by atoms with E-state index in [1.807, 2.05) is 0 Å². The lowest BCUT2D eigenvalue weighted by molar-refractivity contribution is -0.145. The third-order valence-corrected chi connectivity index (χ3v) is 4.15. The number of carbonyl (C=O) groups excluding carboxylic acids is 2. The minimum atomic E-state index is -4.40. The second kappa shape index (κ2) is 7.15. The number of hydrogen-bond acceptors (Lipinski definition) is 3. The number of rotatable bonds is 4. The molecule has 0 aliphatic heterocycles. The SMILES string of the molecule is CCOC(=O)C[C@@H]1CCCC(=O)[C@H]1c1ccc(C(F)(F)F)cc1. The van der Waals surface area contributed by atoms with Crippen LogP contribution in [0.15, 0.2) is 24.3 Å². The number of ketones is 1. The minimum Gasteiger partial charge on any atom is -0.466 e. The molecule has 126 valence electrons. The number of Topliss-reactive ketones (excluding diaryl/α,β-unsaturated/α-hetero) is 1. The van der Waals surface area contributed by atoms with E-state index in [1.54, 1.807) is 6.92 Å². The van der Waals surface area contributed by atoms with Gasteiger partial charge in [0.2, 0.25) is 0 Å². The molecule has 0 radical (unpaired) electrons. The summed E-state index contributed by atoms with van der Waals surface area (Å²) in [7, 11) is 0. The Morgan fingerprint density at radius 2 is 1.91 bits per heavy atom. The molecule has 2 atom stereocenters. The first-order valence-electron chi connectivity index (χ1n) is 7.68. The number of halogens is 3. The maximum Gasteiger partial charge on any atom is 0.416 e. The summed E-state index contributed by atoms with van der Waals surface area (Å²) in [6.45, 7) is 1.97. The Morgan fingerprint density at radius 3 is 2.48 bits per heavy atom. The summed E-state index contributed by atoms with van der Waals surface area (Å²) < 4.78 is 42.9. The molecule has 1 aliphatic rings. The molecule has 23 heavy (non-hydrogen) atoms. The Morgan fingerprint density at radius 1 is 1.26 bits per heavy atom. The van der Waals surface area contributed by atoms with E-state index in [0.717, 1.165) is 12.1 Å². The number of alkyl halides is 3. The summed E-state index contributed by atoms with van der Waals surface area (Å²) in [6.07, 6.45) is -2.51. The summed E-state index contributed by atoms with van der Waals surface area (Å²) in [4.78, 5) is 24.0. The number of carbonyl (C=O) groups is 2. The van der Waals surface area contributed by atoms with Crippen LogP contribution >= 0.6 is 0 Å². The van der Waals surface area contributed by atoms with Crippen LogP contribution in [0.1, 0.15) is 49.7 Å². The molecule has 1 aliphatic carbocycles. The molecule has 2 rings (SSSR count). The van der Waals surface area contributed by atoms with Gasteiger partial charge in [-0.2, -0.15) is 13.2 Å². The molecule has 3 nitrogen and oxygen atoms in total. The Balaban J connectivity index is 2.21. The van der Waals surface area contributed by atoms with Crippen molar-refractivity contribution in [1.82, 2.24) is 0 Å². The van der Waals surface area contributed by atoms with Gasteiger partial charge in [-0.05, 0) is 43.4 Å². The fourth-order valence-corrected chi connectivity index (χ4v) is 3.11. The first-order chi connectivity index (χ1) is 10.8. The summed E-state index contributed by atoms with van der Waals surface area (Å²) >= 11 is 0. The van der Waals surface area contributed by atoms with Crippen molar-refractivity contribution in [1.29, 1.82) is 0 Å². The first kappa shape index (κ1) is 17.5. The summed E-state index contributed by atoms with van der Waals surface area (Å²) in [6, 6.07) is 4.65. The van der Waals surface area contributed by atoms with Gasteiger partial charge < -0.3 is 4.74 Å². The van der Waals surface area contributed by atoms with Crippen LogP contribution in [0.2, 0.25) is 0 Å². The van der Waals surface area contributed by atoms with Crippen molar-refractivity contribution >= 4 is 11.8 Å². The van der Waals surface area contributed by atoms with Gasteiger partial charge in [0, 0.05) is 18.8 Å². The number of hydrogen-bond donors (Lipinski definition) is 0. The largest absolute Gasteiger partial charge is 0.466 e. The monoisotopic (exact) mass is 328 g/mol. The Labute approximate surface area is 132 Å². The van der Waals surface area contributed by atoms with Crippen LogP contribution in [0, 0.1) is 5.92 Å². The molecule has 0 saturated heterocycles. The average molecular weight is 328 g/mol. The zero-order valence-electron chi connectivity index (χ0n) is 12.9. The Kier molecular flexibility index (Phi) is 5.44. The van der Waals surface area contributed by atoms with Gasteiger partial charge in [0.05, 0.1) is 12.2 Å². The topological polar surface area (TPSA) is 43.4 Å². The van der Waals surface area contributed by atoms with E-state index in [9.17, 15) is 22.8 Å². The van der Waals surface area contributed by atoms with Gasteiger partial charge in [-0.1, -0.05) is 12.1 Å². The first-order valence-corrected chi connectivity index (χ1v) is 7.68. The molecule has 1 aromatic rings. The van der Waals surface area contributed by atoms with Crippen molar-refractivity contribution in [2.24, 2.45) is 5.92 Å². The van der Waals surface area contributed by atoms with Crippen LogP contribution in [0.5, 0.6) is 0 Å². The molecule has 0 spiro atoms. The van der Waals surface area contributed by atoms with Crippen LogP contribution in [-0.4, -0.2) is 18.4 Å². The van der Waals surface area contributed by atoms with Crippen LogP contribution in [0.3, 0.4) is 0 Å². The minimum absolute atomic E-state index is 0.0229. The van der Waals surface area contributed by atoms with E-state index in [2.05, 4.69) is 0 Å².